The Morgan fingerprint density at radius 1 is 1.24 bits per heavy atom. The number of benzene rings is 1. The molecule has 0 saturated carbocycles. The molecule has 3 aromatic rings. The Hall–Kier alpha value is -1.88. The van der Waals surface area contributed by atoms with Crippen molar-refractivity contribution in [1.82, 2.24) is 14.3 Å². The van der Waals surface area contributed by atoms with Gasteiger partial charge in [0, 0.05) is 37.3 Å². The van der Waals surface area contributed by atoms with Gasteiger partial charge in [-0.3, -0.25) is 4.90 Å². The molecule has 0 radical (unpaired) electrons. The first-order chi connectivity index (χ1) is 12.0. The number of halogens is 1. The molecule has 1 aliphatic rings. The van der Waals surface area contributed by atoms with Crippen LogP contribution in [-0.4, -0.2) is 38.1 Å². The van der Waals surface area contributed by atoms with Crippen molar-refractivity contribution in [3.05, 3.63) is 70.6 Å². The van der Waals surface area contributed by atoms with Crippen LogP contribution in [0.1, 0.15) is 23.2 Å². The Labute approximate surface area is 152 Å². The topological polar surface area (TPSA) is 40.8 Å². The van der Waals surface area contributed by atoms with Crippen LogP contribution in [0.5, 0.6) is 0 Å². The van der Waals surface area contributed by atoms with E-state index in [0.29, 0.717) is 13.0 Å². The van der Waals surface area contributed by atoms with Gasteiger partial charge in [-0.1, -0.05) is 23.7 Å². The third-order valence-electron chi connectivity index (χ3n) is 4.99. The predicted octanol–water partition coefficient (Wildman–Crippen LogP) is 3.48. The second-order valence-electron chi connectivity index (χ2n) is 7.17. The van der Waals surface area contributed by atoms with Crippen molar-refractivity contribution in [2.75, 3.05) is 13.1 Å². The van der Waals surface area contributed by atoms with Gasteiger partial charge in [-0.2, -0.15) is 0 Å². The van der Waals surface area contributed by atoms with Crippen molar-refractivity contribution in [1.29, 1.82) is 0 Å². The SMILES string of the molecule is Cc1ccn2c(CN3CCC(O)(Cc4ccc(Cl)cc4)C3)cnc2c1. The zero-order valence-corrected chi connectivity index (χ0v) is 15.1. The van der Waals surface area contributed by atoms with E-state index in [4.69, 9.17) is 11.6 Å². The van der Waals surface area contributed by atoms with Gasteiger partial charge >= 0.3 is 0 Å². The first-order valence-electron chi connectivity index (χ1n) is 8.63. The molecule has 0 aliphatic carbocycles. The molecule has 1 atom stereocenters. The average molecular weight is 356 g/mol. The van der Waals surface area contributed by atoms with Crippen LogP contribution in [0.4, 0.5) is 0 Å². The number of aryl methyl sites for hydroxylation is 1. The lowest BCUT2D eigenvalue weighted by molar-refractivity contribution is 0.0487. The van der Waals surface area contributed by atoms with E-state index in [-0.39, 0.29) is 0 Å². The van der Waals surface area contributed by atoms with Gasteiger partial charge in [-0.25, -0.2) is 4.98 Å². The molecule has 4 rings (SSSR count). The Balaban J connectivity index is 1.45. The highest BCUT2D eigenvalue weighted by Crippen LogP contribution is 2.27. The maximum Gasteiger partial charge on any atom is 0.137 e. The predicted molar refractivity (Wildman–Crippen MR) is 99.9 cm³/mol. The lowest BCUT2D eigenvalue weighted by Gasteiger charge is -2.23. The Morgan fingerprint density at radius 3 is 2.84 bits per heavy atom. The number of aromatic nitrogens is 2. The molecule has 1 aliphatic heterocycles. The maximum absolute atomic E-state index is 11.0. The van der Waals surface area contributed by atoms with Crippen molar-refractivity contribution in [2.24, 2.45) is 0 Å². The van der Waals surface area contributed by atoms with Crippen LogP contribution in [-0.2, 0) is 13.0 Å². The standard InChI is InChI=1S/C20H22ClN3O/c1-15-6-8-24-18(12-22-19(24)10-15)13-23-9-7-20(25,14-23)11-16-2-4-17(21)5-3-16/h2-6,8,10,12,25H,7,9,11,13-14H2,1H3. The first-order valence-corrected chi connectivity index (χ1v) is 9.00. The largest absolute Gasteiger partial charge is 0.388 e. The molecule has 1 fully saturated rings. The summed E-state index contributed by atoms with van der Waals surface area (Å²) in [6.07, 6.45) is 5.45. The number of aliphatic hydroxyl groups is 1. The Kier molecular flexibility index (Phi) is 4.28. The van der Waals surface area contributed by atoms with Crippen molar-refractivity contribution in [3.8, 4) is 0 Å². The molecule has 2 aromatic heterocycles. The summed E-state index contributed by atoms with van der Waals surface area (Å²) >= 11 is 5.94. The first kappa shape index (κ1) is 16.6. The summed E-state index contributed by atoms with van der Waals surface area (Å²) in [6.45, 7) is 4.44. The summed E-state index contributed by atoms with van der Waals surface area (Å²) in [4.78, 5) is 6.80. The number of hydrogen-bond donors (Lipinski definition) is 1. The molecule has 0 spiro atoms. The van der Waals surface area contributed by atoms with E-state index in [1.807, 2.05) is 30.5 Å². The summed E-state index contributed by atoms with van der Waals surface area (Å²) in [6, 6.07) is 11.9. The van der Waals surface area contributed by atoms with Crippen molar-refractivity contribution in [2.45, 2.75) is 31.9 Å². The molecular formula is C20H22ClN3O. The van der Waals surface area contributed by atoms with Gasteiger partial charge < -0.3 is 9.51 Å². The second-order valence-corrected chi connectivity index (χ2v) is 7.61. The fourth-order valence-corrected chi connectivity index (χ4v) is 3.81. The number of rotatable bonds is 4. The summed E-state index contributed by atoms with van der Waals surface area (Å²) in [5.74, 6) is 0. The van der Waals surface area contributed by atoms with E-state index in [1.54, 1.807) is 0 Å². The van der Waals surface area contributed by atoms with Gasteiger partial charge in [0.2, 0.25) is 0 Å². The highest BCUT2D eigenvalue weighted by atomic mass is 35.5. The highest BCUT2D eigenvalue weighted by Gasteiger charge is 2.36. The van der Waals surface area contributed by atoms with E-state index in [2.05, 4.69) is 39.5 Å². The molecule has 25 heavy (non-hydrogen) atoms. The summed E-state index contributed by atoms with van der Waals surface area (Å²) in [5.41, 5.74) is 3.80. The minimum absolute atomic E-state index is 0.660. The fraction of sp³-hybridized carbons (Fsp3) is 0.350. The molecule has 3 heterocycles. The molecule has 0 bridgehead atoms. The van der Waals surface area contributed by atoms with Gasteiger partial charge in [-0.05, 0) is 48.7 Å². The molecule has 1 saturated heterocycles. The van der Waals surface area contributed by atoms with Crippen LogP contribution in [0.3, 0.4) is 0 Å². The smallest absolute Gasteiger partial charge is 0.137 e. The lowest BCUT2D eigenvalue weighted by atomic mass is 9.94. The molecular weight excluding hydrogens is 334 g/mol. The van der Waals surface area contributed by atoms with Crippen molar-refractivity contribution in [3.63, 3.8) is 0 Å². The molecule has 0 amide bonds. The van der Waals surface area contributed by atoms with Crippen LogP contribution in [0.2, 0.25) is 5.02 Å². The van der Waals surface area contributed by atoms with Crippen molar-refractivity contribution < 1.29 is 5.11 Å². The molecule has 1 unspecified atom stereocenters. The van der Waals surface area contributed by atoms with E-state index in [0.717, 1.165) is 41.4 Å². The van der Waals surface area contributed by atoms with Gasteiger partial charge in [0.15, 0.2) is 0 Å². The number of pyridine rings is 1. The molecule has 130 valence electrons. The van der Waals surface area contributed by atoms with E-state index in [9.17, 15) is 5.11 Å². The van der Waals surface area contributed by atoms with E-state index < -0.39 is 5.60 Å². The Morgan fingerprint density at radius 2 is 2.04 bits per heavy atom. The normalized spacial score (nSPS) is 21.2. The summed E-state index contributed by atoms with van der Waals surface area (Å²) in [7, 11) is 0. The van der Waals surface area contributed by atoms with Gasteiger partial charge in [0.25, 0.3) is 0 Å². The molecule has 1 aromatic carbocycles. The van der Waals surface area contributed by atoms with Crippen LogP contribution < -0.4 is 0 Å². The van der Waals surface area contributed by atoms with Gasteiger partial charge in [0.05, 0.1) is 17.5 Å². The zero-order chi connectivity index (χ0) is 17.4. The van der Waals surface area contributed by atoms with Crippen LogP contribution in [0, 0.1) is 6.92 Å². The number of likely N-dealkylation sites (tertiary alicyclic amines) is 1. The van der Waals surface area contributed by atoms with Crippen LogP contribution in [0.25, 0.3) is 5.65 Å². The third-order valence-corrected chi connectivity index (χ3v) is 5.24. The Bertz CT molecular complexity index is 890. The van der Waals surface area contributed by atoms with E-state index in [1.165, 1.54) is 5.56 Å². The van der Waals surface area contributed by atoms with E-state index >= 15 is 0 Å². The lowest BCUT2D eigenvalue weighted by Crippen LogP contribution is -2.35. The number of β-amino-alcohol motifs (C(OH)–C–C–N with tert-alkyl or cyclic N) is 1. The number of nitrogens with zero attached hydrogens (tertiary/aromatic N) is 3. The zero-order valence-electron chi connectivity index (χ0n) is 14.3. The quantitative estimate of drug-likeness (QED) is 0.779. The second kappa shape index (κ2) is 6.45. The highest BCUT2D eigenvalue weighted by molar-refractivity contribution is 6.30. The summed E-state index contributed by atoms with van der Waals surface area (Å²) < 4.78 is 2.13. The minimum atomic E-state index is -0.676. The molecule has 1 N–H and O–H groups in total. The average Bonchev–Trinajstić information content (AvgIpc) is 3.14. The minimum Gasteiger partial charge on any atom is -0.388 e. The van der Waals surface area contributed by atoms with Gasteiger partial charge in [-0.15, -0.1) is 0 Å². The third kappa shape index (κ3) is 3.56. The van der Waals surface area contributed by atoms with Crippen LogP contribution in [0.15, 0.2) is 48.8 Å². The maximum atomic E-state index is 11.0. The van der Waals surface area contributed by atoms with Gasteiger partial charge in [0.1, 0.15) is 5.65 Å². The number of hydrogen-bond acceptors (Lipinski definition) is 3. The number of fused-ring (bicyclic) bond motifs is 1. The fourth-order valence-electron chi connectivity index (χ4n) is 3.68. The van der Waals surface area contributed by atoms with Crippen LogP contribution >= 0.6 is 11.6 Å². The number of imidazole rings is 1. The molecule has 4 nitrogen and oxygen atoms in total. The molecule has 5 heteroatoms. The van der Waals surface area contributed by atoms with Crippen molar-refractivity contribution >= 4 is 17.2 Å². The monoisotopic (exact) mass is 355 g/mol. The summed E-state index contributed by atoms with van der Waals surface area (Å²) in [5, 5.41) is 11.7.